The van der Waals surface area contributed by atoms with Crippen LogP contribution >= 0.6 is 0 Å². The van der Waals surface area contributed by atoms with Crippen LogP contribution in [0, 0.1) is 11.8 Å². The van der Waals surface area contributed by atoms with Crippen molar-refractivity contribution < 1.29 is 19.4 Å². The number of rotatable bonds is 3. The lowest BCUT2D eigenvalue weighted by Gasteiger charge is -2.32. The number of carbonyl (C=O) groups excluding carboxylic acids is 1. The maximum Gasteiger partial charge on any atom is 0.307 e. The van der Waals surface area contributed by atoms with Crippen LogP contribution in [0.1, 0.15) is 18.1 Å². The van der Waals surface area contributed by atoms with E-state index < -0.39 is 11.9 Å². The Morgan fingerprint density at radius 3 is 2.85 bits per heavy atom. The van der Waals surface area contributed by atoms with Crippen LogP contribution in [0.4, 0.5) is 0 Å². The van der Waals surface area contributed by atoms with Crippen LogP contribution in [0.15, 0.2) is 12.4 Å². The summed E-state index contributed by atoms with van der Waals surface area (Å²) in [5.41, 5.74) is 0.940. The van der Waals surface area contributed by atoms with E-state index in [1.165, 1.54) is 0 Å². The lowest BCUT2D eigenvalue weighted by Crippen LogP contribution is -2.43. The Morgan fingerprint density at radius 2 is 2.25 bits per heavy atom. The van der Waals surface area contributed by atoms with Gasteiger partial charge in [-0.25, -0.2) is 0 Å². The second-order valence-corrected chi connectivity index (χ2v) is 5.38. The average Bonchev–Trinajstić information content (AvgIpc) is 3.13. The van der Waals surface area contributed by atoms with E-state index in [-0.39, 0.29) is 17.9 Å². The fraction of sp³-hybridized carbons (Fsp3) is 0.615. The highest BCUT2D eigenvalue weighted by Crippen LogP contribution is 2.40. The molecule has 2 aliphatic rings. The Morgan fingerprint density at radius 1 is 1.45 bits per heavy atom. The van der Waals surface area contributed by atoms with Crippen molar-refractivity contribution in [3.05, 3.63) is 18.0 Å². The number of carbonyl (C=O) groups is 2. The molecule has 0 radical (unpaired) electrons. The molecule has 2 heterocycles. The maximum atomic E-state index is 12.2. The van der Waals surface area contributed by atoms with Gasteiger partial charge in [0.2, 0.25) is 5.91 Å². The van der Waals surface area contributed by atoms with Gasteiger partial charge >= 0.3 is 5.97 Å². The number of hydrogen-bond donors (Lipinski definition) is 1. The molecule has 1 N–H and O–H groups in total. The molecular weight excluding hydrogens is 262 g/mol. The first-order valence-corrected chi connectivity index (χ1v) is 6.68. The minimum atomic E-state index is -0.875. The molecule has 20 heavy (non-hydrogen) atoms. The van der Waals surface area contributed by atoms with Crippen molar-refractivity contribution in [1.29, 1.82) is 0 Å². The van der Waals surface area contributed by atoms with Gasteiger partial charge in [0.05, 0.1) is 31.2 Å². The number of aliphatic carboxylic acids is 1. The van der Waals surface area contributed by atoms with Crippen molar-refractivity contribution in [3.8, 4) is 0 Å². The monoisotopic (exact) mass is 279 g/mol. The molecule has 1 aliphatic carbocycles. The number of ether oxygens (including phenoxy) is 1. The third-order valence-corrected chi connectivity index (χ3v) is 3.90. The fourth-order valence-electron chi connectivity index (χ4n) is 2.63. The van der Waals surface area contributed by atoms with Gasteiger partial charge in [-0.1, -0.05) is 0 Å². The van der Waals surface area contributed by atoms with Gasteiger partial charge in [-0.3, -0.25) is 14.3 Å². The van der Waals surface area contributed by atoms with E-state index in [4.69, 9.17) is 9.84 Å². The largest absolute Gasteiger partial charge is 0.481 e. The fourth-order valence-corrected chi connectivity index (χ4v) is 2.63. The van der Waals surface area contributed by atoms with Gasteiger partial charge in [-0.15, -0.1) is 0 Å². The van der Waals surface area contributed by atoms with Gasteiger partial charge in [0.15, 0.2) is 0 Å². The number of aryl methyl sites for hydroxylation is 1. The zero-order chi connectivity index (χ0) is 14.3. The molecule has 3 rings (SSSR count). The van der Waals surface area contributed by atoms with Gasteiger partial charge in [0, 0.05) is 25.4 Å². The van der Waals surface area contributed by atoms with E-state index in [1.807, 2.05) is 13.2 Å². The number of carboxylic acids is 1. The molecule has 1 aliphatic heterocycles. The second kappa shape index (κ2) is 4.90. The highest BCUT2D eigenvalue weighted by atomic mass is 16.5. The molecule has 0 bridgehead atoms. The summed E-state index contributed by atoms with van der Waals surface area (Å²) in [7, 11) is 1.83. The molecule has 108 valence electrons. The smallest absolute Gasteiger partial charge is 0.307 e. The van der Waals surface area contributed by atoms with Gasteiger partial charge in [0.1, 0.15) is 6.10 Å². The highest BCUT2D eigenvalue weighted by Gasteiger charge is 2.50. The molecule has 1 saturated heterocycles. The van der Waals surface area contributed by atoms with E-state index in [9.17, 15) is 9.59 Å². The van der Waals surface area contributed by atoms with Crippen molar-refractivity contribution in [3.63, 3.8) is 0 Å². The Hall–Kier alpha value is -1.89. The van der Waals surface area contributed by atoms with Crippen LogP contribution in [0.5, 0.6) is 0 Å². The minimum Gasteiger partial charge on any atom is -0.481 e. The lowest BCUT2D eigenvalue weighted by molar-refractivity contribution is -0.145. The van der Waals surface area contributed by atoms with Crippen LogP contribution in [0.2, 0.25) is 0 Å². The zero-order valence-corrected chi connectivity index (χ0v) is 11.2. The Bertz CT molecular complexity index is 541. The molecule has 1 aromatic rings. The zero-order valence-electron chi connectivity index (χ0n) is 11.2. The Kier molecular flexibility index (Phi) is 3.21. The summed E-state index contributed by atoms with van der Waals surface area (Å²) >= 11 is 0. The number of amides is 1. The molecule has 1 aromatic heterocycles. The van der Waals surface area contributed by atoms with Crippen molar-refractivity contribution in [2.45, 2.75) is 12.5 Å². The third kappa shape index (κ3) is 2.40. The maximum absolute atomic E-state index is 12.2. The Labute approximate surface area is 116 Å². The average molecular weight is 279 g/mol. The number of hydrogen-bond acceptors (Lipinski definition) is 4. The van der Waals surface area contributed by atoms with E-state index >= 15 is 0 Å². The van der Waals surface area contributed by atoms with Crippen molar-refractivity contribution in [2.24, 2.45) is 18.9 Å². The van der Waals surface area contributed by atoms with E-state index in [1.54, 1.807) is 15.8 Å². The molecule has 3 unspecified atom stereocenters. The third-order valence-electron chi connectivity index (χ3n) is 3.90. The summed E-state index contributed by atoms with van der Waals surface area (Å²) < 4.78 is 7.36. The molecule has 7 nitrogen and oxygen atoms in total. The standard InChI is InChI=1S/C13H17N3O4/c1-15-6-8(5-14-15)11-7-16(2-3-20-11)12(17)9-4-10(9)13(18)19/h5-6,9-11H,2-4,7H2,1H3,(H,18,19). The molecule has 3 atom stereocenters. The van der Waals surface area contributed by atoms with Gasteiger partial charge in [-0.2, -0.15) is 5.10 Å². The molecular formula is C13H17N3O4. The summed E-state index contributed by atoms with van der Waals surface area (Å²) in [6.07, 6.45) is 3.89. The number of morpholine rings is 1. The number of carboxylic acid groups (broad SMARTS) is 1. The van der Waals surface area contributed by atoms with Crippen molar-refractivity contribution >= 4 is 11.9 Å². The normalized spacial score (nSPS) is 29.2. The SMILES string of the molecule is Cn1cc(C2CN(C(=O)C3CC3C(=O)O)CCO2)cn1. The van der Waals surface area contributed by atoms with Crippen LogP contribution < -0.4 is 0 Å². The van der Waals surface area contributed by atoms with Gasteiger partial charge < -0.3 is 14.7 Å². The van der Waals surface area contributed by atoms with Crippen LogP contribution in [0.25, 0.3) is 0 Å². The van der Waals surface area contributed by atoms with Crippen molar-refractivity contribution in [2.75, 3.05) is 19.7 Å². The van der Waals surface area contributed by atoms with Crippen LogP contribution in [0.3, 0.4) is 0 Å². The van der Waals surface area contributed by atoms with Gasteiger partial charge in [-0.05, 0) is 6.42 Å². The summed E-state index contributed by atoms with van der Waals surface area (Å²) in [6, 6.07) is 0. The van der Waals surface area contributed by atoms with Crippen LogP contribution in [-0.4, -0.2) is 51.4 Å². The summed E-state index contributed by atoms with van der Waals surface area (Å²) in [5, 5.41) is 13.0. The quantitative estimate of drug-likeness (QED) is 0.844. The topological polar surface area (TPSA) is 84.7 Å². The van der Waals surface area contributed by atoms with E-state index in [2.05, 4.69) is 5.10 Å². The Balaban J connectivity index is 1.64. The number of aromatic nitrogens is 2. The first-order chi connectivity index (χ1) is 9.56. The summed E-state index contributed by atoms with van der Waals surface area (Å²) in [5.74, 6) is -1.78. The van der Waals surface area contributed by atoms with Gasteiger partial charge in [0.25, 0.3) is 0 Å². The molecule has 1 saturated carbocycles. The summed E-state index contributed by atoms with van der Waals surface area (Å²) in [6.45, 7) is 1.46. The highest BCUT2D eigenvalue weighted by molar-refractivity contribution is 5.89. The molecule has 0 aromatic carbocycles. The first-order valence-electron chi connectivity index (χ1n) is 6.68. The van der Waals surface area contributed by atoms with E-state index in [0.29, 0.717) is 26.1 Å². The molecule has 2 fully saturated rings. The minimum absolute atomic E-state index is 0.0606. The number of nitrogens with zero attached hydrogens (tertiary/aromatic N) is 3. The van der Waals surface area contributed by atoms with E-state index in [0.717, 1.165) is 5.56 Å². The molecule has 7 heteroatoms. The predicted octanol–water partition coefficient (Wildman–Crippen LogP) is 0.0407. The molecule has 0 spiro atoms. The first kappa shape index (κ1) is 13.1. The predicted molar refractivity (Wildman–Crippen MR) is 67.7 cm³/mol. The van der Waals surface area contributed by atoms with Crippen LogP contribution in [-0.2, 0) is 21.4 Å². The summed E-state index contributed by atoms with van der Waals surface area (Å²) in [4.78, 5) is 24.8. The molecule has 1 amide bonds. The second-order valence-electron chi connectivity index (χ2n) is 5.38. The van der Waals surface area contributed by atoms with Crippen molar-refractivity contribution in [1.82, 2.24) is 14.7 Å². The lowest BCUT2D eigenvalue weighted by atomic mass is 10.1.